The van der Waals surface area contributed by atoms with E-state index in [0.29, 0.717) is 12.2 Å². The molecule has 0 aliphatic carbocycles. The fourth-order valence-electron chi connectivity index (χ4n) is 2.00. The highest BCUT2D eigenvalue weighted by atomic mass is 32.1. The summed E-state index contributed by atoms with van der Waals surface area (Å²) in [5.41, 5.74) is 0. The van der Waals surface area contributed by atoms with Crippen molar-refractivity contribution in [2.45, 2.75) is 25.0 Å². The molecule has 1 saturated heterocycles. The first-order chi connectivity index (χ1) is 7.43. The van der Waals surface area contributed by atoms with Crippen LogP contribution in [0.25, 0.3) is 0 Å². The van der Waals surface area contributed by atoms with Crippen LogP contribution in [0.1, 0.15) is 34.8 Å². The molecular formula is C12H12OS2. The first kappa shape index (κ1) is 9.58. The van der Waals surface area contributed by atoms with E-state index in [4.69, 9.17) is 4.74 Å². The summed E-state index contributed by atoms with van der Waals surface area (Å²) < 4.78 is 6.07. The third-order valence-corrected chi connectivity index (χ3v) is 4.67. The van der Waals surface area contributed by atoms with E-state index in [0.717, 1.165) is 12.8 Å². The van der Waals surface area contributed by atoms with Crippen molar-refractivity contribution >= 4 is 22.7 Å². The van der Waals surface area contributed by atoms with Gasteiger partial charge in [0.15, 0.2) is 0 Å². The smallest absolute Gasteiger partial charge is 0.0926 e. The molecule has 0 amide bonds. The Balaban J connectivity index is 1.74. The van der Waals surface area contributed by atoms with Crippen molar-refractivity contribution in [2.24, 2.45) is 0 Å². The molecule has 1 aliphatic heterocycles. The van der Waals surface area contributed by atoms with Gasteiger partial charge in [-0.1, -0.05) is 12.1 Å². The molecule has 2 atom stereocenters. The van der Waals surface area contributed by atoms with E-state index in [1.165, 1.54) is 9.75 Å². The van der Waals surface area contributed by atoms with E-state index < -0.39 is 0 Å². The zero-order valence-corrected chi connectivity index (χ0v) is 9.89. The molecule has 0 bridgehead atoms. The number of rotatable bonds is 2. The Bertz CT molecular complexity index is 365. The molecule has 1 aliphatic rings. The van der Waals surface area contributed by atoms with Gasteiger partial charge in [0.1, 0.15) is 0 Å². The Morgan fingerprint density at radius 1 is 0.933 bits per heavy atom. The second-order valence-corrected chi connectivity index (χ2v) is 5.68. The van der Waals surface area contributed by atoms with Crippen LogP contribution in [0.15, 0.2) is 35.0 Å². The molecule has 0 aromatic carbocycles. The molecule has 0 N–H and O–H groups in total. The van der Waals surface area contributed by atoms with Crippen LogP contribution in [-0.2, 0) is 4.74 Å². The molecule has 0 spiro atoms. The summed E-state index contributed by atoms with van der Waals surface area (Å²) in [5.74, 6) is 0. The number of hydrogen-bond acceptors (Lipinski definition) is 3. The van der Waals surface area contributed by atoms with Crippen LogP contribution < -0.4 is 0 Å². The van der Waals surface area contributed by atoms with Gasteiger partial charge in [0.05, 0.1) is 12.2 Å². The van der Waals surface area contributed by atoms with Crippen LogP contribution in [0.5, 0.6) is 0 Å². The molecule has 3 rings (SSSR count). The average molecular weight is 236 g/mol. The second-order valence-electron chi connectivity index (χ2n) is 3.72. The minimum absolute atomic E-state index is 0.331. The Kier molecular flexibility index (Phi) is 2.61. The molecule has 1 fully saturated rings. The molecular weight excluding hydrogens is 224 g/mol. The van der Waals surface area contributed by atoms with Crippen LogP contribution in [0.4, 0.5) is 0 Å². The van der Waals surface area contributed by atoms with Crippen molar-refractivity contribution in [2.75, 3.05) is 0 Å². The molecule has 1 nitrogen and oxygen atoms in total. The molecule has 0 saturated carbocycles. The van der Waals surface area contributed by atoms with Gasteiger partial charge in [-0.3, -0.25) is 0 Å². The van der Waals surface area contributed by atoms with Crippen molar-refractivity contribution in [3.63, 3.8) is 0 Å². The van der Waals surface area contributed by atoms with Gasteiger partial charge < -0.3 is 4.74 Å². The maximum atomic E-state index is 6.07. The lowest BCUT2D eigenvalue weighted by Gasteiger charge is -2.10. The third-order valence-electron chi connectivity index (χ3n) is 2.74. The van der Waals surface area contributed by atoms with Gasteiger partial charge in [-0.25, -0.2) is 0 Å². The van der Waals surface area contributed by atoms with E-state index in [2.05, 4.69) is 35.0 Å². The van der Waals surface area contributed by atoms with Crippen LogP contribution in [0.2, 0.25) is 0 Å². The summed E-state index contributed by atoms with van der Waals surface area (Å²) >= 11 is 3.60. The van der Waals surface area contributed by atoms with Crippen LogP contribution in [0.3, 0.4) is 0 Å². The molecule has 78 valence electrons. The SMILES string of the molecule is c1csc(C2CCC(c3cccs3)O2)c1. The van der Waals surface area contributed by atoms with Gasteiger partial charge in [-0.15, -0.1) is 22.7 Å². The van der Waals surface area contributed by atoms with Crippen molar-refractivity contribution in [1.29, 1.82) is 0 Å². The van der Waals surface area contributed by atoms with Crippen molar-refractivity contribution < 1.29 is 4.74 Å². The topological polar surface area (TPSA) is 9.23 Å². The van der Waals surface area contributed by atoms with Crippen molar-refractivity contribution in [3.05, 3.63) is 44.8 Å². The van der Waals surface area contributed by atoms with Crippen molar-refractivity contribution in [1.82, 2.24) is 0 Å². The maximum absolute atomic E-state index is 6.07. The largest absolute Gasteiger partial charge is 0.364 e. The first-order valence-electron chi connectivity index (χ1n) is 5.16. The Hall–Kier alpha value is -0.640. The Morgan fingerprint density at radius 3 is 1.87 bits per heavy atom. The zero-order chi connectivity index (χ0) is 10.1. The first-order valence-corrected chi connectivity index (χ1v) is 6.91. The summed E-state index contributed by atoms with van der Waals surface area (Å²) in [6, 6.07) is 8.54. The van der Waals surface area contributed by atoms with Gasteiger partial charge in [0.2, 0.25) is 0 Å². The van der Waals surface area contributed by atoms with E-state index in [-0.39, 0.29) is 0 Å². The van der Waals surface area contributed by atoms with Gasteiger partial charge >= 0.3 is 0 Å². The molecule has 3 heteroatoms. The zero-order valence-electron chi connectivity index (χ0n) is 8.26. The highest BCUT2D eigenvalue weighted by molar-refractivity contribution is 7.10. The van der Waals surface area contributed by atoms with Gasteiger partial charge in [0, 0.05) is 9.75 Å². The molecule has 0 radical (unpaired) electrons. The summed E-state index contributed by atoms with van der Waals surface area (Å²) in [7, 11) is 0. The van der Waals surface area contributed by atoms with Gasteiger partial charge in [0.25, 0.3) is 0 Å². The lowest BCUT2D eigenvalue weighted by molar-refractivity contribution is 0.0481. The molecule has 2 unspecified atom stereocenters. The quantitative estimate of drug-likeness (QED) is 0.751. The number of hydrogen-bond donors (Lipinski definition) is 0. The Labute approximate surface area is 97.3 Å². The molecule has 15 heavy (non-hydrogen) atoms. The van der Waals surface area contributed by atoms with Crippen molar-refractivity contribution in [3.8, 4) is 0 Å². The Morgan fingerprint density at radius 2 is 1.47 bits per heavy atom. The fourth-order valence-corrected chi connectivity index (χ4v) is 3.60. The van der Waals surface area contributed by atoms with Gasteiger partial charge in [-0.2, -0.15) is 0 Å². The predicted octanol–water partition coefficient (Wildman–Crippen LogP) is 4.40. The minimum atomic E-state index is 0.331. The number of ether oxygens (including phenoxy) is 1. The fraction of sp³-hybridized carbons (Fsp3) is 0.333. The predicted molar refractivity (Wildman–Crippen MR) is 64.4 cm³/mol. The lowest BCUT2D eigenvalue weighted by atomic mass is 10.1. The monoisotopic (exact) mass is 236 g/mol. The third kappa shape index (κ3) is 1.87. The standard InChI is InChI=1S/C12H12OS2/c1-3-11(14-7-1)9-5-6-10(13-9)12-4-2-8-15-12/h1-4,7-10H,5-6H2. The van der Waals surface area contributed by atoms with E-state index >= 15 is 0 Å². The molecule has 2 aromatic rings. The highest BCUT2D eigenvalue weighted by Gasteiger charge is 2.28. The summed E-state index contributed by atoms with van der Waals surface area (Å²) in [4.78, 5) is 2.74. The van der Waals surface area contributed by atoms with E-state index in [1.54, 1.807) is 22.7 Å². The number of thiophene rings is 2. The van der Waals surface area contributed by atoms with Crippen LogP contribution in [-0.4, -0.2) is 0 Å². The van der Waals surface area contributed by atoms with Crippen LogP contribution in [0, 0.1) is 0 Å². The summed E-state index contributed by atoms with van der Waals surface area (Å²) in [5, 5.41) is 4.24. The molecule has 2 aromatic heterocycles. The van der Waals surface area contributed by atoms with E-state index in [1.807, 2.05) is 0 Å². The summed E-state index contributed by atoms with van der Waals surface area (Å²) in [6.07, 6.45) is 2.97. The lowest BCUT2D eigenvalue weighted by Crippen LogP contribution is -1.95. The summed E-state index contributed by atoms with van der Waals surface area (Å²) in [6.45, 7) is 0. The van der Waals surface area contributed by atoms with Crippen LogP contribution >= 0.6 is 22.7 Å². The highest BCUT2D eigenvalue weighted by Crippen LogP contribution is 2.43. The minimum Gasteiger partial charge on any atom is -0.364 e. The van der Waals surface area contributed by atoms with Gasteiger partial charge in [-0.05, 0) is 35.7 Å². The second kappa shape index (κ2) is 4.08. The molecule has 3 heterocycles. The normalized spacial score (nSPS) is 25.9. The van der Waals surface area contributed by atoms with E-state index in [9.17, 15) is 0 Å². The maximum Gasteiger partial charge on any atom is 0.0926 e. The average Bonchev–Trinajstić information content (AvgIpc) is 3.02.